The van der Waals surface area contributed by atoms with E-state index in [9.17, 15) is 14.4 Å². The van der Waals surface area contributed by atoms with Gasteiger partial charge in [-0.2, -0.15) is 0 Å². The Morgan fingerprint density at radius 3 is 2.65 bits per heavy atom. The molecular formula is C14H21N5O4. The first-order valence-electron chi connectivity index (χ1n) is 7.30. The van der Waals surface area contributed by atoms with Crippen LogP contribution in [-0.2, 0) is 30.3 Å². The van der Waals surface area contributed by atoms with E-state index in [4.69, 9.17) is 4.84 Å². The number of carbonyl (C=O) groups is 1. The number of hydrogen-bond acceptors (Lipinski definition) is 5. The fourth-order valence-electron chi connectivity index (χ4n) is 2.40. The van der Waals surface area contributed by atoms with Crippen LogP contribution in [0.1, 0.15) is 19.3 Å². The molecule has 9 nitrogen and oxygen atoms in total. The molecule has 0 aliphatic rings. The second kappa shape index (κ2) is 6.78. The number of aryl methyl sites for hydroxylation is 2. The van der Waals surface area contributed by atoms with Crippen LogP contribution in [0.3, 0.4) is 0 Å². The standard InChI is InChI=1S/C14H21N5O4/c1-16-9-15-12-11(16)13(21)19(14(22)17(12)2)8-6-5-7-10(20)18(3)23-4/h9H,5-8H2,1-4H3. The smallest absolute Gasteiger partial charge is 0.328 e. The number of amides is 1. The Morgan fingerprint density at radius 2 is 2.00 bits per heavy atom. The Morgan fingerprint density at radius 1 is 1.30 bits per heavy atom. The van der Waals surface area contributed by atoms with E-state index in [0.717, 1.165) is 5.06 Å². The van der Waals surface area contributed by atoms with Crippen molar-refractivity contribution < 1.29 is 9.63 Å². The Balaban J connectivity index is 2.15. The van der Waals surface area contributed by atoms with Gasteiger partial charge in [0, 0.05) is 34.1 Å². The van der Waals surface area contributed by atoms with Crippen LogP contribution < -0.4 is 11.2 Å². The fourth-order valence-corrected chi connectivity index (χ4v) is 2.40. The number of unbranched alkanes of at least 4 members (excludes halogenated alkanes) is 1. The number of nitrogens with zero attached hydrogens (tertiary/aromatic N) is 5. The third-order valence-corrected chi connectivity index (χ3v) is 3.85. The van der Waals surface area contributed by atoms with E-state index in [2.05, 4.69) is 4.98 Å². The van der Waals surface area contributed by atoms with E-state index in [-0.39, 0.29) is 18.0 Å². The van der Waals surface area contributed by atoms with E-state index >= 15 is 0 Å². The summed E-state index contributed by atoms with van der Waals surface area (Å²) in [6.07, 6.45) is 2.91. The SMILES string of the molecule is CON(C)C(=O)CCCCn1c(=O)c2c(ncn2C)n(C)c1=O. The van der Waals surface area contributed by atoms with Crippen molar-refractivity contribution in [2.45, 2.75) is 25.8 Å². The maximum atomic E-state index is 12.5. The average molecular weight is 323 g/mol. The summed E-state index contributed by atoms with van der Waals surface area (Å²) in [6.45, 7) is 0.261. The molecule has 0 fully saturated rings. The lowest BCUT2D eigenvalue weighted by molar-refractivity contribution is -0.168. The van der Waals surface area contributed by atoms with Crippen molar-refractivity contribution in [2.75, 3.05) is 14.2 Å². The second-order valence-corrected chi connectivity index (χ2v) is 5.36. The molecule has 2 aromatic rings. The van der Waals surface area contributed by atoms with E-state index < -0.39 is 5.69 Å². The molecule has 2 rings (SSSR count). The molecule has 0 radical (unpaired) electrons. The molecule has 0 saturated heterocycles. The van der Waals surface area contributed by atoms with Gasteiger partial charge in [-0.1, -0.05) is 0 Å². The van der Waals surface area contributed by atoms with Crippen LogP contribution in [0.25, 0.3) is 11.2 Å². The van der Waals surface area contributed by atoms with Crippen molar-refractivity contribution in [1.82, 2.24) is 23.7 Å². The summed E-state index contributed by atoms with van der Waals surface area (Å²) >= 11 is 0. The summed E-state index contributed by atoms with van der Waals surface area (Å²) < 4.78 is 4.15. The van der Waals surface area contributed by atoms with Gasteiger partial charge in [0.05, 0.1) is 13.4 Å². The zero-order valence-electron chi connectivity index (χ0n) is 13.8. The van der Waals surface area contributed by atoms with E-state index in [0.29, 0.717) is 30.4 Å². The molecular weight excluding hydrogens is 302 g/mol. The number of hydroxylamine groups is 2. The van der Waals surface area contributed by atoms with Crippen LogP contribution in [0.15, 0.2) is 15.9 Å². The first-order chi connectivity index (χ1) is 10.9. The zero-order chi connectivity index (χ0) is 17.1. The molecule has 2 heterocycles. The van der Waals surface area contributed by atoms with Crippen LogP contribution in [0.5, 0.6) is 0 Å². The minimum atomic E-state index is -0.401. The first kappa shape index (κ1) is 16.9. The Bertz CT molecular complexity index is 832. The van der Waals surface area contributed by atoms with Crippen LogP contribution in [0.4, 0.5) is 0 Å². The van der Waals surface area contributed by atoms with Gasteiger partial charge < -0.3 is 4.57 Å². The number of hydrogen-bond donors (Lipinski definition) is 0. The lowest BCUT2D eigenvalue weighted by Crippen LogP contribution is -2.39. The molecule has 0 aliphatic carbocycles. The maximum Gasteiger partial charge on any atom is 0.332 e. The summed E-state index contributed by atoms with van der Waals surface area (Å²) in [5.74, 6) is -0.144. The second-order valence-electron chi connectivity index (χ2n) is 5.36. The highest BCUT2D eigenvalue weighted by Gasteiger charge is 2.14. The van der Waals surface area contributed by atoms with Crippen molar-refractivity contribution in [3.63, 3.8) is 0 Å². The maximum absolute atomic E-state index is 12.5. The number of imidazole rings is 1. The highest BCUT2D eigenvalue weighted by Crippen LogP contribution is 2.04. The van der Waals surface area contributed by atoms with E-state index in [1.165, 1.54) is 22.6 Å². The largest absolute Gasteiger partial charge is 0.332 e. The van der Waals surface area contributed by atoms with Gasteiger partial charge in [0.2, 0.25) is 5.91 Å². The normalized spacial score (nSPS) is 11.1. The topological polar surface area (TPSA) is 91.4 Å². The third kappa shape index (κ3) is 3.19. The molecule has 0 spiro atoms. The number of rotatable bonds is 6. The van der Waals surface area contributed by atoms with Crippen molar-refractivity contribution in [1.29, 1.82) is 0 Å². The molecule has 2 aromatic heterocycles. The Labute approximate surface area is 132 Å². The third-order valence-electron chi connectivity index (χ3n) is 3.85. The summed E-state index contributed by atoms with van der Waals surface area (Å²) in [6, 6.07) is 0. The zero-order valence-corrected chi connectivity index (χ0v) is 13.8. The minimum absolute atomic E-state index is 0.144. The predicted octanol–water partition coefficient (Wildman–Crippen LogP) is -0.376. The molecule has 0 atom stereocenters. The number of aromatic nitrogens is 4. The first-order valence-corrected chi connectivity index (χ1v) is 7.30. The van der Waals surface area contributed by atoms with Crippen molar-refractivity contribution in [3.8, 4) is 0 Å². The van der Waals surface area contributed by atoms with Crippen molar-refractivity contribution in [2.24, 2.45) is 14.1 Å². The summed E-state index contributed by atoms with van der Waals surface area (Å²) in [4.78, 5) is 45.2. The number of carbonyl (C=O) groups excluding carboxylic acids is 1. The molecule has 1 amide bonds. The van der Waals surface area contributed by atoms with Gasteiger partial charge in [-0.05, 0) is 12.8 Å². The summed E-state index contributed by atoms with van der Waals surface area (Å²) in [5.41, 5.74) is 0.00270. The molecule has 9 heteroatoms. The van der Waals surface area contributed by atoms with Gasteiger partial charge in [0.15, 0.2) is 11.2 Å². The van der Waals surface area contributed by atoms with Crippen molar-refractivity contribution >= 4 is 17.1 Å². The van der Waals surface area contributed by atoms with Crippen LogP contribution in [0, 0.1) is 0 Å². The molecule has 126 valence electrons. The fraction of sp³-hybridized carbons (Fsp3) is 0.571. The van der Waals surface area contributed by atoms with Gasteiger partial charge in [-0.25, -0.2) is 14.8 Å². The Kier molecular flexibility index (Phi) is 4.99. The van der Waals surface area contributed by atoms with Gasteiger partial charge >= 0.3 is 5.69 Å². The van der Waals surface area contributed by atoms with E-state index in [1.54, 1.807) is 25.7 Å². The molecule has 0 bridgehead atoms. The monoisotopic (exact) mass is 323 g/mol. The predicted molar refractivity (Wildman–Crippen MR) is 83.8 cm³/mol. The lowest BCUT2D eigenvalue weighted by Gasteiger charge is -2.13. The molecule has 0 aliphatic heterocycles. The van der Waals surface area contributed by atoms with Crippen LogP contribution >= 0.6 is 0 Å². The molecule has 0 N–H and O–H groups in total. The molecule has 23 heavy (non-hydrogen) atoms. The van der Waals surface area contributed by atoms with Crippen LogP contribution in [-0.4, -0.2) is 43.8 Å². The minimum Gasteiger partial charge on any atom is -0.328 e. The van der Waals surface area contributed by atoms with Gasteiger partial charge in [-0.15, -0.1) is 0 Å². The van der Waals surface area contributed by atoms with Gasteiger partial charge in [0.25, 0.3) is 5.56 Å². The van der Waals surface area contributed by atoms with Gasteiger partial charge in [-0.3, -0.25) is 23.6 Å². The highest BCUT2D eigenvalue weighted by molar-refractivity contribution is 5.74. The quantitative estimate of drug-likeness (QED) is 0.534. The Hall–Kier alpha value is -2.42. The van der Waals surface area contributed by atoms with Crippen molar-refractivity contribution in [3.05, 3.63) is 27.2 Å². The molecule has 0 aromatic carbocycles. The lowest BCUT2D eigenvalue weighted by atomic mass is 10.2. The molecule has 0 saturated carbocycles. The number of fused-ring (bicyclic) bond motifs is 1. The molecule has 0 unspecified atom stereocenters. The highest BCUT2D eigenvalue weighted by atomic mass is 16.7. The van der Waals surface area contributed by atoms with Gasteiger partial charge in [0.1, 0.15) is 0 Å². The summed E-state index contributed by atoms with van der Waals surface area (Å²) in [7, 11) is 6.26. The summed E-state index contributed by atoms with van der Waals surface area (Å²) in [5, 5.41) is 1.16. The average Bonchev–Trinajstić information content (AvgIpc) is 2.93. The van der Waals surface area contributed by atoms with Crippen LogP contribution in [0.2, 0.25) is 0 Å². The van der Waals surface area contributed by atoms with E-state index in [1.807, 2.05) is 0 Å².